The number of rotatable bonds is 4. The second-order valence-electron chi connectivity index (χ2n) is 5.13. The zero-order chi connectivity index (χ0) is 14.8. The van der Waals surface area contributed by atoms with E-state index in [1.54, 1.807) is 6.20 Å². The van der Waals surface area contributed by atoms with Gasteiger partial charge in [-0.05, 0) is 30.2 Å². The van der Waals surface area contributed by atoms with E-state index in [0.717, 1.165) is 22.9 Å². The number of aromatic nitrogens is 1. The lowest BCUT2D eigenvalue weighted by Gasteiger charge is -2.13. The van der Waals surface area contributed by atoms with Gasteiger partial charge in [0.15, 0.2) is 5.78 Å². The first-order valence-corrected chi connectivity index (χ1v) is 7.44. The van der Waals surface area contributed by atoms with E-state index in [-0.39, 0.29) is 11.7 Å². The Kier molecular flexibility index (Phi) is 3.80. The average molecular weight is 298 g/mol. The van der Waals surface area contributed by atoms with Crippen LogP contribution in [0.2, 0.25) is 5.02 Å². The number of benzene rings is 2. The number of nitrogens with one attached hydrogen (secondary N) is 1. The molecular formula is C18H16ClNO. The lowest BCUT2D eigenvalue weighted by Crippen LogP contribution is -2.11. The molecule has 0 bridgehead atoms. The van der Waals surface area contributed by atoms with Gasteiger partial charge in [-0.1, -0.05) is 48.9 Å². The summed E-state index contributed by atoms with van der Waals surface area (Å²) in [5.74, 6) is 0.0152. The maximum absolute atomic E-state index is 12.9. The van der Waals surface area contributed by atoms with Crippen LogP contribution in [0.4, 0.5) is 0 Å². The van der Waals surface area contributed by atoms with E-state index in [1.807, 2.05) is 55.5 Å². The van der Waals surface area contributed by atoms with Crippen molar-refractivity contribution in [3.8, 4) is 0 Å². The minimum atomic E-state index is -0.121. The predicted octanol–water partition coefficient (Wildman–Crippen LogP) is 5.20. The van der Waals surface area contributed by atoms with E-state index in [4.69, 9.17) is 11.6 Å². The molecule has 0 aliphatic rings. The highest BCUT2D eigenvalue weighted by molar-refractivity contribution is 6.31. The Balaban J connectivity index is 2.05. The minimum absolute atomic E-state index is 0.121. The Morgan fingerprint density at radius 3 is 2.67 bits per heavy atom. The topological polar surface area (TPSA) is 32.9 Å². The van der Waals surface area contributed by atoms with E-state index in [0.29, 0.717) is 10.6 Å². The zero-order valence-corrected chi connectivity index (χ0v) is 12.5. The molecule has 0 amide bonds. The number of carbonyl (C=O) groups is 1. The lowest BCUT2D eigenvalue weighted by molar-refractivity contribution is 0.0959. The summed E-state index contributed by atoms with van der Waals surface area (Å²) in [4.78, 5) is 16.0. The van der Waals surface area contributed by atoms with Gasteiger partial charge in [0, 0.05) is 33.6 Å². The van der Waals surface area contributed by atoms with Gasteiger partial charge in [-0.25, -0.2) is 0 Å². The van der Waals surface area contributed by atoms with Crippen LogP contribution in [0.1, 0.15) is 35.2 Å². The van der Waals surface area contributed by atoms with Crippen LogP contribution in [0, 0.1) is 0 Å². The van der Waals surface area contributed by atoms with E-state index in [9.17, 15) is 4.79 Å². The molecule has 1 atom stereocenters. The third-order valence-electron chi connectivity index (χ3n) is 3.84. The Morgan fingerprint density at radius 1 is 1.19 bits per heavy atom. The molecule has 2 nitrogen and oxygen atoms in total. The van der Waals surface area contributed by atoms with Crippen molar-refractivity contribution in [2.45, 2.75) is 19.3 Å². The molecule has 1 unspecified atom stereocenters. The van der Waals surface area contributed by atoms with Crippen molar-refractivity contribution in [1.29, 1.82) is 0 Å². The van der Waals surface area contributed by atoms with Crippen LogP contribution in [0.5, 0.6) is 0 Å². The molecule has 0 saturated carbocycles. The van der Waals surface area contributed by atoms with Crippen LogP contribution >= 0.6 is 11.6 Å². The number of aromatic amines is 1. The van der Waals surface area contributed by atoms with Crippen LogP contribution in [0.25, 0.3) is 10.9 Å². The van der Waals surface area contributed by atoms with Crippen LogP contribution < -0.4 is 0 Å². The molecule has 3 rings (SSSR count). The highest BCUT2D eigenvalue weighted by Crippen LogP contribution is 2.29. The maximum atomic E-state index is 12.9. The SMILES string of the molecule is CCC(C(=O)c1c[nH]c2ccc(Cl)cc12)c1ccccc1. The molecule has 1 aromatic heterocycles. The van der Waals surface area contributed by atoms with Crippen molar-refractivity contribution in [3.05, 3.63) is 70.9 Å². The molecule has 3 aromatic rings. The van der Waals surface area contributed by atoms with E-state index in [1.165, 1.54) is 0 Å². The molecule has 0 fully saturated rings. The van der Waals surface area contributed by atoms with Gasteiger partial charge in [-0.3, -0.25) is 4.79 Å². The molecule has 0 saturated heterocycles. The second-order valence-corrected chi connectivity index (χ2v) is 5.56. The van der Waals surface area contributed by atoms with Gasteiger partial charge in [0.2, 0.25) is 0 Å². The molecule has 1 heterocycles. The van der Waals surface area contributed by atoms with Crippen molar-refractivity contribution in [3.63, 3.8) is 0 Å². The number of Topliss-reactive ketones (excluding diaryl/α,β-unsaturated/α-hetero) is 1. The van der Waals surface area contributed by atoms with Crippen LogP contribution in [-0.2, 0) is 0 Å². The Bertz CT molecular complexity index is 776. The molecule has 1 N–H and O–H groups in total. The Labute approximate surface area is 128 Å². The van der Waals surface area contributed by atoms with Crippen molar-refractivity contribution >= 4 is 28.3 Å². The third-order valence-corrected chi connectivity index (χ3v) is 4.07. The fraction of sp³-hybridized carbons (Fsp3) is 0.167. The molecular weight excluding hydrogens is 282 g/mol. The summed E-state index contributed by atoms with van der Waals surface area (Å²) in [6.45, 7) is 2.04. The van der Waals surface area contributed by atoms with Gasteiger partial charge in [-0.2, -0.15) is 0 Å². The summed E-state index contributed by atoms with van der Waals surface area (Å²) >= 11 is 6.06. The summed E-state index contributed by atoms with van der Waals surface area (Å²) in [6, 6.07) is 15.5. The van der Waals surface area contributed by atoms with Gasteiger partial charge in [0.05, 0.1) is 0 Å². The fourth-order valence-electron chi connectivity index (χ4n) is 2.74. The minimum Gasteiger partial charge on any atom is -0.360 e. The predicted molar refractivity (Wildman–Crippen MR) is 87.1 cm³/mol. The number of hydrogen-bond donors (Lipinski definition) is 1. The Hall–Kier alpha value is -2.06. The first kappa shape index (κ1) is 13.9. The van der Waals surface area contributed by atoms with Crippen molar-refractivity contribution in [2.75, 3.05) is 0 Å². The van der Waals surface area contributed by atoms with Gasteiger partial charge >= 0.3 is 0 Å². The van der Waals surface area contributed by atoms with Gasteiger partial charge in [0.25, 0.3) is 0 Å². The molecule has 0 spiro atoms. The number of halogens is 1. The summed E-state index contributed by atoms with van der Waals surface area (Å²) in [5.41, 5.74) is 2.70. The van der Waals surface area contributed by atoms with E-state index < -0.39 is 0 Å². The molecule has 2 aromatic carbocycles. The van der Waals surface area contributed by atoms with Crippen LogP contribution in [0.3, 0.4) is 0 Å². The molecule has 3 heteroatoms. The number of ketones is 1. The Morgan fingerprint density at radius 2 is 1.95 bits per heavy atom. The van der Waals surface area contributed by atoms with Gasteiger partial charge in [0.1, 0.15) is 0 Å². The first-order valence-electron chi connectivity index (χ1n) is 7.06. The van der Waals surface area contributed by atoms with E-state index >= 15 is 0 Å². The van der Waals surface area contributed by atoms with Gasteiger partial charge < -0.3 is 4.98 Å². The highest BCUT2D eigenvalue weighted by atomic mass is 35.5. The molecule has 106 valence electrons. The summed E-state index contributed by atoms with van der Waals surface area (Å²) in [5, 5.41) is 1.53. The monoisotopic (exact) mass is 297 g/mol. The highest BCUT2D eigenvalue weighted by Gasteiger charge is 2.22. The molecule has 0 aliphatic heterocycles. The summed E-state index contributed by atoms with van der Waals surface area (Å²) in [6.07, 6.45) is 2.56. The largest absolute Gasteiger partial charge is 0.360 e. The number of fused-ring (bicyclic) bond motifs is 1. The molecule has 0 aliphatic carbocycles. The third kappa shape index (κ3) is 2.59. The number of hydrogen-bond acceptors (Lipinski definition) is 1. The summed E-state index contributed by atoms with van der Waals surface area (Å²) < 4.78 is 0. The van der Waals surface area contributed by atoms with Crippen molar-refractivity contribution in [2.24, 2.45) is 0 Å². The second kappa shape index (κ2) is 5.74. The standard InChI is InChI=1S/C18H16ClNO/c1-2-14(12-6-4-3-5-7-12)18(21)16-11-20-17-9-8-13(19)10-15(16)17/h3-11,14,20H,2H2,1H3. The zero-order valence-electron chi connectivity index (χ0n) is 11.8. The lowest BCUT2D eigenvalue weighted by atomic mass is 9.88. The van der Waals surface area contributed by atoms with Crippen molar-refractivity contribution < 1.29 is 4.79 Å². The number of H-pyrrole nitrogens is 1. The quantitative estimate of drug-likeness (QED) is 0.660. The summed E-state index contributed by atoms with van der Waals surface area (Å²) in [7, 11) is 0. The average Bonchev–Trinajstić information content (AvgIpc) is 2.92. The molecule has 21 heavy (non-hydrogen) atoms. The van der Waals surface area contributed by atoms with Crippen molar-refractivity contribution in [1.82, 2.24) is 4.98 Å². The first-order chi connectivity index (χ1) is 10.2. The smallest absolute Gasteiger partial charge is 0.172 e. The maximum Gasteiger partial charge on any atom is 0.172 e. The fourth-order valence-corrected chi connectivity index (χ4v) is 2.91. The van der Waals surface area contributed by atoms with Crippen LogP contribution in [0.15, 0.2) is 54.7 Å². The van der Waals surface area contributed by atoms with E-state index in [2.05, 4.69) is 4.98 Å². The normalized spacial score (nSPS) is 12.5. The van der Waals surface area contributed by atoms with Crippen LogP contribution in [-0.4, -0.2) is 10.8 Å². The van der Waals surface area contributed by atoms with Gasteiger partial charge in [-0.15, -0.1) is 0 Å². The number of carbonyl (C=O) groups excluding carboxylic acids is 1. The molecule has 0 radical (unpaired) electrons.